The molecule has 0 bridgehead atoms. The van der Waals surface area contributed by atoms with E-state index >= 15 is 0 Å². The second-order valence-electron chi connectivity index (χ2n) is 10.3. The summed E-state index contributed by atoms with van der Waals surface area (Å²) in [5.41, 5.74) is 4.29. The number of hydrogen-bond acceptors (Lipinski definition) is 7. The van der Waals surface area contributed by atoms with Gasteiger partial charge in [-0.15, -0.1) is 15.3 Å². The van der Waals surface area contributed by atoms with Gasteiger partial charge in [0, 0.05) is 50.7 Å². The van der Waals surface area contributed by atoms with Gasteiger partial charge in [0.2, 0.25) is 5.91 Å². The summed E-state index contributed by atoms with van der Waals surface area (Å²) in [7, 11) is 0. The third-order valence-electron chi connectivity index (χ3n) is 7.75. The van der Waals surface area contributed by atoms with Crippen LogP contribution in [-0.2, 0) is 4.79 Å². The second-order valence-corrected chi connectivity index (χ2v) is 10.3. The molecule has 8 nitrogen and oxygen atoms in total. The van der Waals surface area contributed by atoms with Gasteiger partial charge in [0.25, 0.3) is 0 Å². The molecule has 2 aliphatic heterocycles. The molecule has 2 saturated heterocycles. The molecular formula is C28H33N7O. The number of anilines is 2. The maximum atomic E-state index is 13.4. The van der Waals surface area contributed by atoms with E-state index in [-0.39, 0.29) is 11.8 Å². The lowest BCUT2D eigenvalue weighted by atomic mass is 9.96. The van der Waals surface area contributed by atoms with E-state index in [0.29, 0.717) is 12.5 Å². The fourth-order valence-electron chi connectivity index (χ4n) is 5.40. The van der Waals surface area contributed by atoms with Crippen molar-refractivity contribution in [3.05, 3.63) is 59.8 Å². The Morgan fingerprint density at radius 3 is 2.22 bits per heavy atom. The summed E-state index contributed by atoms with van der Waals surface area (Å²) in [5.74, 6) is 2.65. The predicted molar refractivity (Wildman–Crippen MR) is 140 cm³/mol. The molecular weight excluding hydrogens is 450 g/mol. The molecule has 4 heterocycles. The molecule has 0 N–H and O–H groups in total. The third-order valence-corrected chi connectivity index (χ3v) is 7.75. The largest absolute Gasteiger partial charge is 0.354 e. The summed E-state index contributed by atoms with van der Waals surface area (Å²) in [6, 6.07) is 16.5. The summed E-state index contributed by atoms with van der Waals surface area (Å²) in [6.45, 7) is 6.75. The molecule has 186 valence electrons. The van der Waals surface area contributed by atoms with Crippen molar-refractivity contribution in [2.24, 2.45) is 5.92 Å². The van der Waals surface area contributed by atoms with Crippen molar-refractivity contribution in [1.82, 2.24) is 25.3 Å². The second kappa shape index (κ2) is 9.84. The van der Waals surface area contributed by atoms with Crippen LogP contribution in [0.4, 0.5) is 11.6 Å². The highest BCUT2D eigenvalue weighted by atomic mass is 16.2. The smallest absolute Gasteiger partial charge is 0.227 e. The Kier molecular flexibility index (Phi) is 6.25. The Labute approximate surface area is 212 Å². The highest BCUT2D eigenvalue weighted by Gasteiger charge is 2.32. The standard InChI is InChI=1S/C28H33N7O/c1-20-5-2-3-7-23(20)25-11-13-27(32-30-25)35-14-4-6-22(19-35)28(36)34-17-15-33(16-18-34)26-12-10-24(29-31-26)21-8-9-21/h2-3,5,7,10-13,21-22H,4,6,8-9,14-19H2,1H3. The van der Waals surface area contributed by atoms with Crippen LogP contribution in [0.1, 0.15) is 42.9 Å². The maximum absolute atomic E-state index is 13.4. The van der Waals surface area contributed by atoms with Crippen molar-refractivity contribution in [3.63, 3.8) is 0 Å². The molecule has 1 saturated carbocycles. The van der Waals surface area contributed by atoms with Crippen LogP contribution in [0.15, 0.2) is 48.5 Å². The summed E-state index contributed by atoms with van der Waals surface area (Å²) in [4.78, 5) is 19.9. The van der Waals surface area contributed by atoms with Gasteiger partial charge in [-0.25, -0.2) is 0 Å². The Morgan fingerprint density at radius 1 is 0.778 bits per heavy atom. The number of amides is 1. The average Bonchev–Trinajstić information content (AvgIpc) is 3.79. The Hall–Kier alpha value is -3.55. The highest BCUT2D eigenvalue weighted by Crippen LogP contribution is 2.38. The van der Waals surface area contributed by atoms with E-state index in [1.807, 2.05) is 29.2 Å². The first kappa shape index (κ1) is 22.9. The van der Waals surface area contributed by atoms with Crippen molar-refractivity contribution in [3.8, 4) is 11.3 Å². The number of hydrogen-bond donors (Lipinski definition) is 0. The molecule has 1 aromatic carbocycles. The summed E-state index contributed by atoms with van der Waals surface area (Å²) in [6.07, 6.45) is 4.39. The van der Waals surface area contributed by atoms with E-state index in [2.05, 4.69) is 61.4 Å². The molecule has 1 amide bonds. The summed E-state index contributed by atoms with van der Waals surface area (Å²) >= 11 is 0. The molecule has 3 aromatic rings. The predicted octanol–water partition coefficient (Wildman–Crippen LogP) is 3.68. The van der Waals surface area contributed by atoms with E-state index in [9.17, 15) is 4.79 Å². The van der Waals surface area contributed by atoms with Crippen molar-refractivity contribution >= 4 is 17.5 Å². The molecule has 3 aliphatic rings. The first-order valence-electron chi connectivity index (χ1n) is 13.2. The van der Waals surface area contributed by atoms with Crippen LogP contribution >= 0.6 is 0 Å². The van der Waals surface area contributed by atoms with Crippen LogP contribution in [0.3, 0.4) is 0 Å². The highest BCUT2D eigenvalue weighted by molar-refractivity contribution is 5.80. The molecule has 8 heteroatoms. The molecule has 0 radical (unpaired) electrons. The fraction of sp³-hybridized carbons (Fsp3) is 0.464. The number of nitrogens with zero attached hydrogens (tertiary/aromatic N) is 7. The van der Waals surface area contributed by atoms with Gasteiger partial charge in [-0.1, -0.05) is 24.3 Å². The van der Waals surface area contributed by atoms with Gasteiger partial charge >= 0.3 is 0 Å². The lowest BCUT2D eigenvalue weighted by molar-refractivity contribution is -0.136. The average molecular weight is 484 g/mol. The molecule has 6 rings (SSSR count). The quantitative estimate of drug-likeness (QED) is 0.548. The van der Waals surface area contributed by atoms with E-state index in [4.69, 9.17) is 0 Å². The Morgan fingerprint density at radius 2 is 1.53 bits per heavy atom. The number of carbonyl (C=O) groups is 1. The van der Waals surface area contributed by atoms with Gasteiger partial charge in [-0.05, 0) is 62.4 Å². The number of piperazine rings is 1. The van der Waals surface area contributed by atoms with Gasteiger partial charge in [-0.3, -0.25) is 4.79 Å². The minimum absolute atomic E-state index is 0.000705. The zero-order valence-corrected chi connectivity index (χ0v) is 20.9. The summed E-state index contributed by atoms with van der Waals surface area (Å²) < 4.78 is 0. The SMILES string of the molecule is Cc1ccccc1-c1ccc(N2CCCC(C(=O)N3CCN(c4ccc(C5CC5)nn4)CC3)C2)nn1. The van der Waals surface area contributed by atoms with Gasteiger partial charge < -0.3 is 14.7 Å². The van der Waals surface area contributed by atoms with Crippen LogP contribution < -0.4 is 9.80 Å². The van der Waals surface area contributed by atoms with Gasteiger partial charge in [0.05, 0.1) is 17.3 Å². The lowest BCUT2D eigenvalue weighted by Gasteiger charge is -2.39. The van der Waals surface area contributed by atoms with Gasteiger partial charge in [-0.2, -0.15) is 5.10 Å². The third kappa shape index (κ3) is 4.76. The van der Waals surface area contributed by atoms with E-state index in [0.717, 1.165) is 74.2 Å². The number of aryl methyl sites for hydroxylation is 1. The molecule has 1 aliphatic carbocycles. The monoisotopic (exact) mass is 483 g/mol. The fourth-order valence-corrected chi connectivity index (χ4v) is 5.40. The zero-order valence-electron chi connectivity index (χ0n) is 20.9. The number of aromatic nitrogens is 4. The summed E-state index contributed by atoms with van der Waals surface area (Å²) in [5, 5.41) is 17.9. The normalized spacial score (nSPS) is 20.5. The number of benzene rings is 1. The van der Waals surface area contributed by atoms with Crippen LogP contribution in [-0.4, -0.2) is 70.5 Å². The van der Waals surface area contributed by atoms with Crippen molar-refractivity contribution in [2.75, 3.05) is 49.1 Å². The molecule has 2 aromatic heterocycles. The van der Waals surface area contributed by atoms with Crippen LogP contribution in [0.25, 0.3) is 11.3 Å². The van der Waals surface area contributed by atoms with Crippen LogP contribution in [0, 0.1) is 12.8 Å². The van der Waals surface area contributed by atoms with Crippen LogP contribution in [0.2, 0.25) is 0 Å². The minimum atomic E-state index is 0.000705. The number of carbonyl (C=O) groups excluding carboxylic acids is 1. The Balaban J connectivity index is 1.05. The number of piperidine rings is 1. The molecule has 3 fully saturated rings. The lowest BCUT2D eigenvalue weighted by Crippen LogP contribution is -2.53. The molecule has 1 unspecified atom stereocenters. The number of rotatable bonds is 5. The topological polar surface area (TPSA) is 78.4 Å². The zero-order chi connectivity index (χ0) is 24.5. The van der Waals surface area contributed by atoms with Crippen molar-refractivity contribution in [2.45, 2.75) is 38.5 Å². The van der Waals surface area contributed by atoms with E-state index in [1.54, 1.807) is 0 Å². The van der Waals surface area contributed by atoms with Gasteiger partial charge in [0.15, 0.2) is 11.6 Å². The van der Waals surface area contributed by atoms with E-state index in [1.165, 1.54) is 18.4 Å². The maximum Gasteiger partial charge on any atom is 0.227 e. The van der Waals surface area contributed by atoms with Gasteiger partial charge in [0.1, 0.15) is 0 Å². The first-order valence-corrected chi connectivity index (χ1v) is 13.2. The Bertz CT molecular complexity index is 1200. The molecule has 36 heavy (non-hydrogen) atoms. The van der Waals surface area contributed by atoms with E-state index < -0.39 is 0 Å². The van der Waals surface area contributed by atoms with Crippen molar-refractivity contribution in [1.29, 1.82) is 0 Å². The minimum Gasteiger partial charge on any atom is -0.354 e. The van der Waals surface area contributed by atoms with Crippen LogP contribution in [0.5, 0.6) is 0 Å². The first-order chi connectivity index (χ1) is 17.7. The molecule has 1 atom stereocenters. The molecule has 0 spiro atoms. The van der Waals surface area contributed by atoms with Crippen molar-refractivity contribution < 1.29 is 4.79 Å².